The van der Waals surface area contributed by atoms with Crippen molar-refractivity contribution >= 4 is 27.6 Å². The van der Waals surface area contributed by atoms with Gasteiger partial charge in [0.1, 0.15) is 5.65 Å². The molecule has 0 spiro atoms. The molecular formula is C31H45N3. The van der Waals surface area contributed by atoms with Crippen LogP contribution in [0.2, 0.25) is 0 Å². The molecule has 3 aromatic heterocycles. The molecule has 0 radical (unpaired) electrons. The summed E-state index contributed by atoms with van der Waals surface area (Å²) in [6, 6.07) is 13.3. The van der Waals surface area contributed by atoms with Gasteiger partial charge in [-0.1, -0.05) is 87.8 Å². The summed E-state index contributed by atoms with van der Waals surface area (Å²) in [5.74, 6) is 0.574. The SMILES string of the molecule is CC.CC.CCCC1CCC(C)(C)c2cc1c1c(cc(C(C)(C)C)n3c4ccccc4nc13)n2. The first-order valence-electron chi connectivity index (χ1n) is 13.5. The highest BCUT2D eigenvalue weighted by atomic mass is 15.0. The molecule has 1 atom stereocenters. The van der Waals surface area contributed by atoms with Crippen LogP contribution in [0.5, 0.6) is 0 Å². The molecule has 1 aromatic carbocycles. The quantitative estimate of drug-likeness (QED) is 0.299. The Morgan fingerprint density at radius 3 is 2.29 bits per heavy atom. The highest BCUT2D eigenvalue weighted by Gasteiger charge is 2.32. The van der Waals surface area contributed by atoms with Gasteiger partial charge in [0.25, 0.3) is 0 Å². The monoisotopic (exact) mass is 459 g/mol. The summed E-state index contributed by atoms with van der Waals surface area (Å²) in [6.07, 6.45) is 4.83. The zero-order chi connectivity index (χ0) is 25.3. The van der Waals surface area contributed by atoms with Crippen LogP contribution in [0.25, 0.3) is 27.6 Å². The van der Waals surface area contributed by atoms with Crippen LogP contribution >= 0.6 is 0 Å². The molecule has 4 aromatic rings. The van der Waals surface area contributed by atoms with Crippen molar-refractivity contribution < 1.29 is 0 Å². The van der Waals surface area contributed by atoms with Crippen LogP contribution in [-0.2, 0) is 10.8 Å². The number of hydrogen-bond donors (Lipinski definition) is 0. The molecule has 0 aliphatic heterocycles. The Kier molecular flexibility index (Phi) is 7.75. The van der Waals surface area contributed by atoms with Crippen LogP contribution in [0.4, 0.5) is 0 Å². The highest BCUT2D eigenvalue weighted by molar-refractivity contribution is 5.99. The normalized spacial score (nSPS) is 17.1. The lowest BCUT2D eigenvalue weighted by atomic mass is 9.83. The van der Waals surface area contributed by atoms with Gasteiger partial charge in [0, 0.05) is 27.6 Å². The number of rotatable bonds is 2. The standard InChI is InChI=1S/C27H33N3.2C2H6/c1-7-10-17-13-14-27(5,6)22-15-18(17)24-20(28-22)16-23(26(2,3)4)30-21-12-9-8-11-19(21)29-25(24)30;2*1-2/h8-9,11-12,15-17H,7,10,13-14H2,1-6H3;2*1-2H3. The van der Waals surface area contributed by atoms with E-state index in [4.69, 9.17) is 9.97 Å². The molecule has 184 valence electrons. The maximum absolute atomic E-state index is 5.25. The summed E-state index contributed by atoms with van der Waals surface area (Å²) in [4.78, 5) is 10.4. The van der Waals surface area contributed by atoms with E-state index in [1.165, 1.54) is 53.5 Å². The van der Waals surface area contributed by atoms with Crippen molar-refractivity contribution in [3.05, 3.63) is 53.3 Å². The Labute approximate surface area is 207 Å². The van der Waals surface area contributed by atoms with Crippen LogP contribution in [0.1, 0.15) is 118 Å². The minimum absolute atomic E-state index is 0.00766. The number of aromatic nitrogens is 3. The number of nitrogens with zero attached hydrogens (tertiary/aromatic N) is 3. The van der Waals surface area contributed by atoms with Gasteiger partial charge in [-0.2, -0.15) is 0 Å². The second-order valence-corrected chi connectivity index (χ2v) is 10.8. The van der Waals surface area contributed by atoms with Crippen LogP contribution < -0.4 is 0 Å². The molecule has 3 nitrogen and oxygen atoms in total. The molecule has 0 amide bonds. The van der Waals surface area contributed by atoms with Gasteiger partial charge in [-0.3, -0.25) is 9.38 Å². The van der Waals surface area contributed by atoms with Crippen molar-refractivity contribution in [2.75, 3.05) is 0 Å². The molecule has 3 heteroatoms. The first-order valence-corrected chi connectivity index (χ1v) is 13.5. The third-order valence-electron chi connectivity index (χ3n) is 7.03. The van der Waals surface area contributed by atoms with E-state index in [1.54, 1.807) is 0 Å². The van der Waals surface area contributed by atoms with Gasteiger partial charge in [-0.25, -0.2) is 4.98 Å². The smallest absolute Gasteiger partial charge is 0.147 e. The molecule has 5 rings (SSSR count). The lowest BCUT2D eigenvalue weighted by molar-refractivity contribution is 0.426. The van der Waals surface area contributed by atoms with Crippen LogP contribution in [0.3, 0.4) is 0 Å². The van der Waals surface area contributed by atoms with Gasteiger partial charge in [0.15, 0.2) is 0 Å². The first-order chi connectivity index (χ1) is 16.2. The van der Waals surface area contributed by atoms with Gasteiger partial charge in [-0.05, 0) is 55.0 Å². The Bertz CT molecular complexity index is 1270. The molecule has 2 bridgehead atoms. The zero-order valence-corrected chi connectivity index (χ0v) is 23.2. The summed E-state index contributed by atoms with van der Waals surface area (Å²) < 4.78 is 2.40. The predicted molar refractivity (Wildman–Crippen MR) is 149 cm³/mol. The molecule has 1 aliphatic rings. The van der Waals surface area contributed by atoms with Crippen molar-refractivity contribution in [1.82, 2.24) is 14.4 Å². The summed E-state index contributed by atoms with van der Waals surface area (Å²) in [6.45, 7) is 21.9. The molecule has 0 N–H and O–H groups in total. The third-order valence-corrected chi connectivity index (χ3v) is 7.03. The molecule has 0 saturated heterocycles. The van der Waals surface area contributed by atoms with E-state index in [0.29, 0.717) is 5.92 Å². The van der Waals surface area contributed by atoms with Crippen molar-refractivity contribution in [2.45, 2.75) is 112 Å². The van der Waals surface area contributed by atoms with Crippen LogP contribution in [0.15, 0.2) is 36.4 Å². The van der Waals surface area contributed by atoms with Gasteiger partial charge in [0.2, 0.25) is 0 Å². The van der Waals surface area contributed by atoms with Crippen molar-refractivity contribution in [2.24, 2.45) is 0 Å². The second kappa shape index (κ2) is 10.1. The van der Waals surface area contributed by atoms with Crippen molar-refractivity contribution in [1.29, 1.82) is 0 Å². The van der Waals surface area contributed by atoms with Crippen LogP contribution in [-0.4, -0.2) is 14.4 Å². The second-order valence-electron chi connectivity index (χ2n) is 10.8. The fourth-order valence-electron chi connectivity index (χ4n) is 5.25. The number of benzene rings is 1. The summed E-state index contributed by atoms with van der Waals surface area (Å²) >= 11 is 0. The van der Waals surface area contributed by atoms with Crippen LogP contribution in [0, 0.1) is 0 Å². The molecule has 0 saturated carbocycles. The highest BCUT2D eigenvalue weighted by Crippen LogP contribution is 2.44. The molecular weight excluding hydrogens is 414 g/mol. The summed E-state index contributed by atoms with van der Waals surface area (Å²) in [5, 5.41) is 1.26. The number of imidazole rings is 1. The topological polar surface area (TPSA) is 30.2 Å². The van der Waals surface area contributed by atoms with Gasteiger partial charge >= 0.3 is 0 Å². The van der Waals surface area contributed by atoms with E-state index in [1.807, 2.05) is 27.7 Å². The number of para-hydroxylation sites is 2. The van der Waals surface area contributed by atoms with Gasteiger partial charge in [-0.15, -0.1) is 0 Å². The van der Waals surface area contributed by atoms with E-state index in [-0.39, 0.29) is 10.8 Å². The van der Waals surface area contributed by atoms with Gasteiger partial charge in [0.05, 0.1) is 16.6 Å². The maximum Gasteiger partial charge on any atom is 0.147 e. The molecule has 34 heavy (non-hydrogen) atoms. The number of hydrogen-bond acceptors (Lipinski definition) is 2. The Balaban J connectivity index is 0.000000771. The van der Waals surface area contributed by atoms with E-state index < -0.39 is 0 Å². The lowest BCUT2D eigenvalue weighted by Gasteiger charge is -2.24. The minimum atomic E-state index is -0.00766. The van der Waals surface area contributed by atoms with E-state index in [2.05, 4.69) is 82.3 Å². The molecule has 0 fully saturated rings. The third kappa shape index (κ3) is 4.46. The fourth-order valence-corrected chi connectivity index (χ4v) is 5.25. The minimum Gasteiger partial charge on any atom is -0.295 e. The van der Waals surface area contributed by atoms with Crippen molar-refractivity contribution in [3.63, 3.8) is 0 Å². The van der Waals surface area contributed by atoms with E-state index in [9.17, 15) is 0 Å². The number of pyridine rings is 2. The zero-order valence-electron chi connectivity index (χ0n) is 23.2. The molecule has 1 aliphatic carbocycles. The van der Waals surface area contributed by atoms with E-state index >= 15 is 0 Å². The largest absolute Gasteiger partial charge is 0.295 e. The Morgan fingerprint density at radius 2 is 1.65 bits per heavy atom. The Morgan fingerprint density at radius 1 is 0.971 bits per heavy atom. The maximum atomic E-state index is 5.25. The average Bonchev–Trinajstić information content (AvgIpc) is 3.18. The van der Waals surface area contributed by atoms with Gasteiger partial charge < -0.3 is 0 Å². The molecule has 1 unspecified atom stereocenters. The predicted octanol–water partition coefficient (Wildman–Crippen LogP) is 9.34. The number of fused-ring (bicyclic) bond motifs is 8. The summed E-state index contributed by atoms with van der Waals surface area (Å²) in [5.41, 5.74) is 8.53. The first kappa shape index (κ1) is 26.2. The fraction of sp³-hybridized carbons (Fsp3) is 0.548. The summed E-state index contributed by atoms with van der Waals surface area (Å²) in [7, 11) is 0. The molecule has 3 heterocycles. The van der Waals surface area contributed by atoms with E-state index in [0.717, 1.165) is 16.7 Å². The lowest BCUT2D eigenvalue weighted by Crippen LogP contribution is -2.19. The van der Waals surface area contributed by atoms with Crippen molar-refractivity contribution in [3.8, 4) is 0 Å². The average molecular weight is 460 g/mol. The Hall–Kier alpha value is -2.42.